The zero-order chi connectivity index (χ0) is 20.6. The van der Waals surface area contributed by atoms with Crippen LogP contribution < -0.4 is 10.0 Å². The van der Waals surface area contributed by atoms with E-state index in [1.54, 1.807) is 4.72 Å². The van der Waals surface area contributed by atoms with E-state index in [9.17, 15) is 26.4 Å². The number of nitrogens with one attached hydrogen (secondary N) is 2. The lowest BCUT2D eigenvalue weighted by Crippen LogP contribution is -2.43. The fourth-order valence-electron chi connectivity index (χ4n) is 2.35. The minimum Gasteiger partial charge on any atom is -0.345 e. The van der Waals surface area contributed by atoms with Gasteiger partial charge in [0.2, 0.25) is 10.0 Å². The van der Waals surface area contributed by atoms with Crippen molar-refractivity contribution in [2.45, 2.75) is 31.0 Å². The van der Waals surface area contributed by atoms with Crippen LogP contribution in [0.3, 0.4) is 0 Å². The van der Waals surface area contributed by atoms with E-state index >= 15 is 0 Å². The van der Waals surface area contributed by atoms with Crippen LogP contribution in [-0.4, -0.2) is 36.1 Å². The third-order valence-corrected chi connectivity index (χ3v) is 5.56. The molecule has 0 aliphatic heterocycles. The SMILES string of the molecule is Cc1c(S(=O)(=O)N[C@H](C)C(F)(F)F)cn(C)c1C(=O)Nc1ccnc(Cl)c1. The van der Waals surface area contributed by atoms with E-state index in [-0.39, 0.29) is 16.4 Å². The van der Waals surface area contributed by atoms with Crippen molar-refractivity contribution >= 4 is 33.2 Å². The zero-order valence-electron chi connectivity index (χ0n) is 14.4. The highest BCUT2D eigenvalue weighted by molar-refractivity contribution is 7.89. The van der Waals surface area contributed by atoms with Crippen molar-refractivity contribution in [2.75, 3.05) is 5.32 Å². The topological polar surface area (TPSA) is 93.1 Å². The van der Waals surface area contributed by atoms with E-state index in [0.717, 1.165) is 6.20 Å². The summed E-state index contributed by atoms with van der Waals surface area (Å²) in [4.78, 5) is 15.8. The van der Waals surface area contributed by atoms with Crippen molar-refractivity contribution < 1.29 is 26.4 Å². The number of halogens is 4. The molecule has 2 rings (SSSR count). The van der Waals surface area contributed by atoms with Crippen LogP contribution in [0.1, 0.15) is 23.0 Å². The molecule has 148 valence electrons. The Bertz CT molecular complexity index is 973. The molecule has 1 amide bonds. The number of carbonyl (C=O) groups is 1. The Kier molecular flexibility index (Phi) is 5.88. The number of amides is 1. The molecule has 0 saturated heterocycles. The van der Waals surface area contributed by atoms with Gasteiger partial charge in [0.1, 0.15) is 21.8 Å². The van der Waals surface area contributed by atoms with E-state index in [1.165, 1.54) is 36.9 Å². The van der Waals surface area contributed by atoms with Crippen LogP contribution in [0.2, 0.25) is 5.15 Å². The van der Waals surface area contributed by atoms with Crippen molar-refractivity contribution in [2.24, 2.45) is 7.05 Å². The number of aryl methyl sites for hydroxylation is 1. The largest absolute Gasteiger partial charge is 0.404 e. The molecule has 27 heavy (non-hydrogen) atoms. The summed E-state index contributed by atoms with van der Waals surface area (Å²) < 4.78 is 65.4. The smallest absolute Gasteiger partial charge is 0.345 e. The highest BCUT2D eigenvalue weighted by atomic mass is 35.5. The third kappa shape index (κ3) is 4.79. The molecular weight excluding hydrogens is 409 g/mol. The van der Waals surface area contributed by atoms with Gasteiger partial charge in [0.25, 0.3) is 5.91 Å². The Morgan fingerprint density at radius 2 is 2.00 bits per heavy atom. The summed E-state index contributed by atoms with van der Waals surface area (Å²) >= 11 is 5.74. The minimum absolute atomic E-state index is 0.0111. The first-order valence-corrected chi connectivity index (χ1v) is 9.37. The standard InChI is InChI=1S/C15H16ClF3N4O3S/c1-8-11(27(25,26)22-9(2)15(17,18)19)7-23(3)13(8)14(24)21-10-4-5-20-12(16)6-10/h4-7,9,22H,1-3H3,(H,20,21,24)/t9-/m1/s1. The van der Waals surface area contributed by atoms with Crippen LogP contribution in [0.15, 0.2) is 29.4 Å². The summed E-state index contributed by atoms with van der Waals surface area (Å²) in [6.45, 7) is 2.03. The molecule has 0 radical (unpaired) electrons. The highest BCUT2D eigenvalue weighted by Crippen LogP contribution is 2.25. The number of carbonyl (C=O) groups excluding carboxylic acids is 1. The van der Waals surface area contributed by atoms with E-state index < -0.39 is 33.0 Å². The van der Waals surface area contributed by atoms with E-state index in [1.807, 2.05) is 0 Å². The zero-order valence-corrected chi connectivity index (χ0v) is 16.0. The molecule has 2 aromatic heterocycles. The van der Waals surface area contributed by atoms with Gasteiger partial charge < -0.3 is 9.88 Å². The molecule has 2 N–H and O–H groups in total. The predicted molar refractivity (Wildman–Crippen MR) is 93.2 cm³/mol. The van der Waals surface area contributed by atoms with Gasteiger partial charge in [0.15, 0.2) is 0 Å². The van der Waals surface area contributed by atoms with Gasteiger partial charge in [-0.25, -0.2) is 13.4 Å². The molecule has 0 fully saturated rings. The molecule has 0 unspecified atom stereocenters. The second kappa shape index (κ2) is 7.49. The molecule has 0 aliphatic carbocycles. The van der Waals surface area contributed by atoms with Gasteiger partial charge in [-0.05, 0) is 31.5 Å². The molecule has 12 heteroatoms. The Morgan fingerprint density at radius 3 is 2.56 bits per heavy atom. The van der Waals surface area contributed by atoms with Crippen LogP contribution in [0.5, 0.6) is 0 Å². The molecule has 0 saturated carbocycles. The summed E-state index contributed by atoms with van der Waals surface area (Å²) in [5.41, 5.74) is 0.314. The molecule has 0 bridgehead atoms. The van der Waals surface area contributed by atoms with E-state index in [2.05, 4.69) is 10.3 Å². The Labute approximate surface area is 158 Å². The Morgan fingerprint density at radius 1 is 1.37 bits per heavy atom. The molecule has 7 nitrogen and oxygen atoms in total. The van der Waals surface area contributed by atoms with Crippen LogP contribution in [-0.2, 0) is 17.1 Å². The van der Waals surface area contributed by atoms with E-state index in [0.29, 0.717) is 12.6 Å². The normalized spacial score (nSPS) is 13.4. The fourth-order valence-corrected chi connectivity index (χ4v) is 4.05. The minimum atomic E-state index is -4.74. The quantitative estimate of drug-likeness (QED) is 0.722. The van der Waals surface area contributed by atoms with Crippen molar-refractivity contribution in [3.8, 4) is 0 Å². The molecule has 0 aliphatic rings. The predicted octanol–water partition coefficient (Wildman–Crippen LogP) is 2.86. The van der Waals surface area contributed by atoms with Crippen LogP contribution in [0.4, 0.5) is 18.9 Å². The Balaban J connectivity index is 2.34. The van der Waals surface area contributed by atoms with Gasteiger partial charge in [-0.2, -0.15) is 17.9 Å². The summed E-state index contributed by atoms with van der Waals surface area (Å²) in [6, 6.07) is 0.590. The van der Waals surface area contributed by atoms with Gasteiger partial charge in [0.05, 0.1) is 0 Å². The number of alkyl halides is 3. The number of hydrogen-bond acceptors (Lipinski definition) is 4. The number of hydrogen-bond donors (Lipinski definition) is 2. The lowest BCUT2D eigenvalue weighted by molar-refractivity contribution is -0.147. The van der Waals surface area contributed by atoms with E-state index in [4.69, 9.17) is 11.6 Å². The highest BCUT2D eigenvalue weighted by Gasteiger charge is 2.39. The number of anilines is 1. The number of pyridine rings is 1. The Hall–Kier alpha value is -2.11. The lowest BCUT2D eigenvalue weighted by Gasteiger charge is -2.17. The maximum Gasteiger partial charge on any atom is 0.404 e. The van der Waals surface area contributed by atoms with Crippen LogP contribution in [0, 0.1) is 6.92 Å². The van der Waals surface area contributed by atoms with Crippen molar-refractivity contribution in [1.29, 1.82) is 0 Å². The van der Waals surface area contributed by atoms with Gasteiger partial charge in [0, 0.05) is 25.1 Å². The molecule has 2 heterocycles. The summed E-state index contributed by atoms with van der Waals surface area (Å²) in [5, 5.41) is 2.67. The number of nitrogens with zero attached hydrogens (tertiary/aromatic N) is 2. The number of rotatable bonds is 5. The summed E-state index contributed by atoms with van der Waals surface area (Å²) in [6.07, 6.45) is -2.29. The first kappa shape index (κ1) is 21.2. The van der Waals surface area contributed by atoms with Gasteiger partial charge in [-0.3, -0.25) is 4.79 Å². The summed E-state index contributed by atoms with van der Waals surface area (Å²) in [7, 11) is -3.08. The van der Waals surface area contributed by atoms with Crippen LogP contribution >= 0.6 is 11.6 Å². The van der Waals surface area contributed by atoms with Gasteiger partial charge >= 0.3 is 6.18 Å². The molecular formula is C15H16ClF3N4O3S. The average molecular weight is 425 g/mol. The fraction of sp³-hybridized carbons (Fsp3) is 0.333. The number of sulfonamides is 1. The van der Waals surface area contributed by atoms with Gasteiger partial charge in [-0.15, -0.1) is 0 Å². The third-order valence-electron chi connectivity index (χ3n) is 3.70. The van der Waals surface area contributed by atoms with Crippen LogP contribution in [0.25, 0.3) is 0 Å². The first-order valence-electron chi connectivity index (χ1n) is 7.51. The van der Waals surface area contributed by atoms with Crippen molar-refractivity contribution in [1.82, 2.24) is 14.3 Å². The molecule has 0 aromatic carbocycles. The first-order chi connectivity index (χ1) is 12.3. The second-order valence-corrected chi connectivity index (χ2v) is 7.85. The molecule has 0 spiro atoms. The maximum atomic E-state index is 12.7. The monoisotopic (exact) mass is 424 g/mol. The second-order valence-electron chi connectivity index (χ2n) is 5.78. The number of aromatic nitrogens is 2. The molecule has 2 aromatic rings. The van der Waals surface area contributed by atoms with Crippen molar-refractivity contribution in [3.05, 3.63) is 40.9 Å². The lowest BCUT2D eigenvalue weighted by atomic mass is 10.2. The molecule has 1 atom stereocenters. The summed E-state index contributed by atoms with van der Waals surface area (Å²) in [5.74, 6) is -0.650. The van der Waals surface area contributed by atoms with Gasteiger partial charge in [-0.1, -0.05) is 11.6 Å². The van der Waals surface area contributed by atoms with Crippen molar-refractivity contribution in [3.63, 3.8) is 0 Å². The maximum absolute atomic E-state index is 12.7. The average Bonchev–Trinajstić information content (AvgIpc) is 2.81.